The van der Waals surface area contributed by atoms with Crippen molar-refractivity contribution in [2.45, 2.75) is 31.2 Å². The lowest BCUT2D eigenvalue weighted by atomic mass is 10.1. The van der Waals surface area contributed by atoms with E-state index in [9.17, 15) is 8.42 Å². The van der Waals surface area contributed by atoms with Crippen LogP contribution in [0, 0.1) is 0 Å². The maximum Gasteiger partial charge on any atom is 0.240 e. The fourth-order valence-electron chi connectivity index (χ4n) is 1.12. The Morgan fingerprint density at radius 2 is 1.71 bits per heavy atom. The van der Waals surface area contributed by atoms with Gasteiger partial charge < -0.3 is 0 Å². The average molecular weight is 254 g/mol. The molecule has 0 aromatic heterocycles. The van der Waals surface area contributed by atoms with Crippen LogP contribution in [-0.4, -0.2) is 27.2 Å². The number of hydrogen-bond donors (Lipinski definition) is 1. The highest BCUT2D eigenvalue weighted by Crippen LogP contribution is 2.10. The van der Waals surface area contributed by atoms with Gasteiger partial charge in [-0.05, 0) is 45.5 Å². The molecule has 0 saturated heterocycles. The standard InChI is InChI=1S/C12H18N2O2S/c1-12(2,3)14-9-10-5-7-11(8-6-10)17(15,16)13-4/h5-9,13H,1-4H3. The number of nitrogens with one attached hydrogen (secondary N) is 1. The van der Waals surface area contributed by atoms with E-state index in [1.165, 1.54) is 7.05 Å². The van der Waals surface area contributed by atoms with Gasteiger partial charge in [-0.2, -0.15) is 0 Å². The van der Waals surface area contributed by atoms with E-state index in [1.54, 1.807) is 30.5 Å². The lowest BCUT2D eigenvalue weighted by molar-refractivity contribution is 0.586. The molecule has 0 aliphatic rings. The van der Waals surface area contributed by atoms with Gasteiger partial charge in [0.15, 0.2) is 0 Å². The summed E-state index contributed by atoms with van der Waals surface area (Å²) in [6, 6.07) is 6.60. The Kier molecular flexibility index (Phi) is 4.06. The van der Waals surface area contributed by atoms with Gasteiger partial charge in [-0.1, -0.05) is 12.1 Å². The molecule has 4 nitrogen and oxygen atoms in total. The highest BCUT2D eigenvalue weighted by molar-refractivity contribution is 7.89. The van der Waals surface area contributed by atoms with E-state index in [1.807, 2.05) is 20.8 Å². The summed E-state index contributed by atoms with van der Waals surface area (Å²) in [5, 5.41) is 0. The minimum absolute atomic E-state index is 0.129. The van der Waals surface area contributed by atoms with Crippen molar-refractivity contribution in [3.05, 3.63) is 29.8 Å². The minimum Gasteiger partial charge on any atom is -0.287 e. The molecule has 0 atom stereocenters. The molecule has 0 heterocycles. The van der Waals surface area contributed by atoms with E-state index in [4.69, 9.17) is 0 Å². The highest BCUT2D eigenvalue weighted by atomic mass is 32.2. The number of aliphatic imine (C=N–C) groups is 1. The lowest BCUT2D eigenvalue weighted by Gasteiger charge is -2.10. The normalized spacial score (nSPS) is 13.2. The van der Waals surface area contributed by atoms with Crippen molar-refractivity contribution in [1.82, 2.24) is 4.72 Å². The smallest absolute Gasteiger partial charge is 0.240 e. The number of rotatable bonds is 3. The van der Waals surface area contributed by atoms with Crippen LogP contribution in [0.15, 0.2) is 34.2 Å². The van der Waals surface area contributed by atoms with E-state index < -0.39 is 10.0 Å². The molecule has 0 amide bonds. The van der Waals surface area contributed by atoms with E-state index in [0.29, 0.717) is 0 Å². The largest absolute Gasteiger partial charge is 0.287 e. The van der Waals surface area contributed by atoms with Gasteiger partial charge in [0.2, 0.25) is 10.0 Å². The molecule has 0 aliphatic heterocycles. The zero-order valence-electron chi connectivity index (χ0n) is 10.6. The average Bonchev–Trinajstić information content (AvgIpc) is 2.26. The van der Waals surface area contributed by atoms with Crippen LogP contribution in [0.1, 0.15) is 26.3 Å². The van der Waals surface area contributed by atoms with Crippen molar-refractivity contribution < 1.29 is 8.42 Å². The maximum atomic E-state index is 11.5. The number of hydrogen-bond acceptors (Lipinski definition) is 3. The fourth-order valence-corrected chi connectivity index (χ4v) is 1.85. The third kappa shape index (κ3) is 4.28. The zero-order valence-corrected chi connectivity index (χ0v) is 11.4. The van der Waals surface area contributed by atoms with Gasteiger partial charge in [-0.25, -0.2) is 13.1 Å². The first-order valence-electron chi connectivity index (χ1n) is 5.33. The first kappa shape index (κ1) is 13.9. The van der Waals surface area contributed by atoms with Crippen LogP contribution in [-0.2, 0) is 10.0 Å². The van der Waals surface area contributed by atoms with Gasteiger partial charge in [0.05, 0.1) is 10.4 Å². The lowest BCUT2D eigenvalue weighted by Crippen LogP contribution is -2.18. The zero-order chi connectivity index (χ0) is 13.1. The van der Waals surface area contributed by atoms with Crippen LogP contribution in [0.2, 0.25) is 0 Å². The van der Waals surface area contributed by atoms with E-state index in [-0.39, 0.29) is 10.4 Å². The Labute approximate surface area is 103 Å². The molecule has 0 aliphatic carbocycles. The predicted octanol–water partition coefficient (Wildman–Crippen LogP) is 1.81. The van der Waals surface area contributed by atoms with Gasteiger partial charge in [-0.15, -0.1) is 0 Å². The molecule has 1 aromatic rings. The van der Waals surface area contributed by atoms with E-state index >= 15 is 0 Å². The molecule has 1 N–H and O–H groups in total. The molecule has 0 fully saturated rings. The molecule has 1 rings (SSSR count). The molecular formula is C12H18N2O2S. The first-order chi connectivity index (χ1) is 7.74. The van der Waals surface area contributed by atoms with Crippen LogP contribution in [0.5, 0.6) is 0 Å². The maximum absolute atomic E-state index is 11.5. The quantitative estimate of drug-likeness (QED) is 0.836. The molecule has 94 valence electrons. The Morgan fingerprint density at radius 1 is 1.18 bits per heavy atom. The van der Waals surface area contributed by atoms with Crippen LogP contribution < -0.4 is 4.72 Å². The molecule has 0 radical (unpaired) electrons. The first-order valence-corrected chi connectivity index (χ1v) is 6.82. The van der Waals surface area contributed by atoms with Crippen LogP contribution >= 0.6 is 0 Å². The molecular weight excluding hydrogens is 236 g/mol. The van der Waals surface area contributed by atoms with Crippen molar-refractivity contribution >= 4 is 16.2 Å². The molecule has 5 heteroatoms. The number of nitrogens with zero attached hydrogens (tertiary/aromatic N) is 1. The molecule has 1 aromatic carbocycles. The number of benzene rings is 1. The van der Waals surface area contributed by atoms with Crippen molar-refractivity contribution in [3.63, 3.8) is 0 Å². The molecule has 0 saturated carbocycles. The predicted molar refractivity (Wildman–Crippen MR) is 70.0 cm³/mol. The SMILES string of the molecule is CNS(=O)(=O)c1ccc(C=NC(C)(C)C)cc1. The monoisotopic (exact) mass is 254 g/mol. The van der Waals surface area contributed by atoms with Crippen LogP contribution in [0.25, 0.3) is 0 Å². The highest BCUT2D eigenvalue weighted by Gasteiger charge is 2.10. The third-order valence-corrected chi connectivity index (χ3v) is 3.49. The summed E-state index contributed by atoms with van der Waals surface area (Å²) in [5.74, 6) is 0. The summed E-state index contributed by atoms with van der Waals surface area (Å²) in [6.45, 7) is 6.01. The Morgan fingerprint density at radius 3 is 2.12 bits per heavy atom. The summed E-state index contributed by atoms with van der Waals surface area (Å²) in [7, 11) is -1.96. The van der Waals surface area contributed by atoms with Crippen molar-refractivity contribution in [2.75, 3.05) is 7.05 Å². The van der Waals surface area contributed by atoms with Crippen LogP contribution in [0.4, 0.5) is 0 Å². The molecule has 0 bridgehead atoms. The number of sulfonamides is 1. The van der Waals surface area contributed by atoms with Crippen molar-refractivity contribution in [3.8, 4) is 0 Å². The second-order valence-electron chi connectivity index (χ2n) is 4.71. The Balaban J connectivity index is 2.94. The molecule has 0 spiro atoms. The summed E-state index contributed by atoms with van der Waals surface area (Å²) in [6.07, 6.45) is 1.75. The molecule has 0 unspecified atom stereocenters. The van der Waals surface area contributed by atoms with Gasteiger partial charge in [0, 0.05) is 6.21 Å². The minimum atomic E-state index is -3.35. The Bertz CT molecular complexity index is 496. The van der Waals surface area contributed by atoms with Crippen molar-refractivity contribution in [2.24, 2.45) is 4.99 Å². The summed E-state index contributed by atoms with van der Waals surface area (Å²) >= 11 is 0. The Hall–Kier alpha value is -1.20. The van der Waals surface area contributed by atoms with Gasteiger partial charge >= 0.3 is 0 Å². The summed E-state index contributed by atoms with van der Waals surface area (Å²) in [5.41, 5.74) is 0.755. The van der Waals surface area contributed by atoms with Crippen molar-refractivity contribution in [1.29, 1.82) is 0 Å². The van der Waals surface area contributed by atoms with Crippen LogP contribution in [0.3, 0.4) is 0 Å². The topological polar surface area (TPSA) is 58.5 Å². The van der Waals surface area contributed by atoms with Gasteiger partial charge in [-0.3, -0.25) is 4.99 Å². The second-order valence-corrected chi connectivity index (χ2v) is 6.59. The second kappa shape index (κ2) is 4.98. The summed E-state index contributed by atoms with van der Waals surface area (Å²) in [4.78, 5) is 4.61. The van der Waals surface area contributed by atoms with E-state index in [2.05, 4.69) is 9.71 Å². The van der Waals surface area contributed by atoms with Gasteiger partial charge in [0.1, 0.15) is 0 Å². The third-order valence-electron chi connectivity index (χ3n) is 2.06. The van der Waals surface area contributed by atoms with Gasteiger partial charge in [0.25, 0.3) is 0 Å². The van der Waals surface area contributed by atoms with E-state index in [0.717, 1.165) is 5.56 Å². The fraction of sp³-hybridized carbons (Fsp3) is 0.417. The summed E-state index contributed by atoms with van der Waals surface area (Å²) < 4.78 is 25.2. The molecule has 17 heavy (non-hydrogen) atoms.